The van der Waals surface area contributed by atoms with E-state index in [2.05, 4.69) is 9.97 Å². The first kappa shape index (κ1) is 13.7. The van der Waals surface area contributed by atoms with Gasteiger partial charge in [0.1, 0.15) is 5.82 Å². The molecule has 0 radical (unpaired) electrons. The molecule has 2 aromatic heterocycles. The first-order valence-electron chi connectivity index (χ1n) is 7.11. The number of anilines is 1. The topological polar surface area (TPSA) is 75.5 Å². The van der Waals surface area contributed by atoms with Crippen molar-refractivity contribution in [1.29, 1.82) is 0 Å². The zero-order valence-corrected chi connectivity index (χ0v) is 12.3. The van der Waals surface area contributed by atoms with Crippen molar-refractivity contribution in [3.63, 3.8) is 0 Å². The van der Waals surface area contributed by atoms with Crippen LogP contribution >= 0.6 is 0 Å². The SMILES string of the molecule is COc1ccc2ccc(N3C(=O)c4ccccc4C3O)nc2n1. The number of hydrogen-bond acceptors (Lipinski definition) is 5. The Kier molecular flexibility index (Phi) is 2.99. The van der Waals surface area contributed by atoms with Crippen LogP contribution in [0.15, 0.2) is 48.5 Å². The van der Waals surface area contributed by atoms with E-state index >= 15 is 0 Å². The number of benzene rings is 1. The molecule has 6 nitrogen and oxygen atoms in total. The molecule has 0 fully saturated rings. The zero-order valence-electron chi connectivity index (χ0n) is 12.3. The maximum Gasteiger partial charge on any atom is 0.262 e. The molecule has 3 heterocycles. The van der Waals surface area contributed by atoms with Crippen molar-refractivity contribution < 1.29 is 14.6 Å². The number of fused-ring (bicyclic) bond motifs is 2. The lowest BCUT2D eigenvalue weighted by atomic mass is 10.1. The van der Waals surface area contributed by atoms with Gasteiger partial charge in [-0.1, -0.05) is 18.2 Å². The summed E-state index contributed by atoms with van der Waals surface area (Å²) in [7, 11) is 1.53. The Balaban J connectivity index is 1.82. The number of ether oxygens (including phenoxy) is 1. The van der Waals surface area contributed by atoms with Crippen LogP contribution in [0.4, 0.5) is 5.82 Å². The molecule has 0 aliphatic carbocycles. The summed E-state index contributed by atoms with van der Waals surface area (Å²) in [4.78, 5) is 22.5. The molecule has 1 aromatic carbocycles. The van der Waals surface area contributed by atoms with Crippen molar-refractivity contribution in [3.8, 4) is 5.88 Å². The Labute approximate surface area is 132 Å². The Morgan fingerprint density at radius 1 is 1.09 bits per heavy atom. The van der Waals surface area contributed by atoms with Gasteiger partial charge in [-0.05, 0) is 24.3 Å². The van der Waals surface area contributed by atoms with Crippen LogP contribution in [0.3, 0.4) is 0 Å². The molecule has 4 rings (SSSR count). The van der Waals surface area contributed by atoms with Crippen molar-refractivity contribution in [1.82, 2.24) is 9.97 Å². The molecule has 1 unspecified atom stereocenters. The van der Waals surface area contributed by atoms with Gasteiger partial charge in [-0.3, -0.25) is 9.69 Å². The van der Waals surface area contributed by atoms with Gasteiger partial charge in [-0.2, -0.15) is 4.98 Å². The third-order valence-electron chi connectivity index (χ3n) is 3.90. The Morgan fingerprint density at radius 3 is 2.65 bits per heavy atom. The smallest absolute Gasteiger partial charge is 0.262 e. The minimum atomic E-state index is -1.05. The highest BCUT2D eigenvalue weighted by molar-refractivity contribution is 6.10. The number of pyridine rings is 2. The van der Waals surface area contributed by atoms with E-state index in [1.165, 1.54) is 12.0 Å². The number of nitrogens with zero attached hydrogens (tertiary/aromatic N) is 3. The van der Waals surface area contributed by atoms with E-state index in [0.29, 0.717) is 28.5 Å². The van der Waals surface area contributed by atoms with E-state index in [1.54, 1.807) is 36.4 Å². The molecule has 0 saturated carbocycles. The van der Waals surface area contributed by atoms with Crippen molar-refractivity contribution in [2.45, 2.75) is 6.23 Å². The van der Waals surface area contributed by atoms with Crippen LogP contribution in [0, 0.1) is 0 Å². The molecule has 114 valence electrons. The fourth-order valence-corrected chi connectivity index (χ4v) is 2.75. The van der Waals surface area contributed by atoms with Gasteiger partial charge < -0.3 is 9.84 Å². The van der Waals surface area contributed by atoms with Gasteiger partial charge >= 0.3 is 0 Å². The van der Waals surface area contributed by atoms with Crippen LogP contribution in [0.25, 0.3) is 11.0 Å². The quantitative estimate of drug-likeness (QED) is 0.786. The molecule has 1 aliphatic rings. The van der Waals surface area contributed by atoms with Gasteiger partial charge in [-0.15, -0.1) is 0 Å². The lowest BCUT2D eigenvalue weighted by molar-refractivity contribution is 0.0933. The fourth-order valence-electron chi connectivity index (χ4n) is 2.75. The number of aliphatic hydroxyl groups is 1. The molecule has 1 aliphatic heterocycles. The molecule has 1 N–H and O–H groups in total. The number of methoxy groups -OCH3 is 1. The molecule has 6 heteroatoms. The van der Waals surface area contributed by atoms with E-state index < -0.39 is 6.23 Å². The van der Waals surface area contributed by atoms with E-state index in [-0.39, 0.29) is 5.91 Å². The minimum Gasteiger partial charge on any atom is -0.481 e. The largest absolute Gasteiger partial charge is 0.481 e. The predicted molar refractivity (Wildman–Crippen MR) is 84.3 cm³/mol. The maximum atomic E-state index is 12.5. The maximum absolute atomic E-state index is 12.5. The lowest BCUT2D eigenvalue weighted by Crippen LogP contribution is -2.28. The molecule has 0 saturated heterocycles. The third-order valence-corrected chi connectivity index (χ3v) is 3.90. The van der Waals surface area contributed by atoms with Crippen molar-refractivity contribution in [2.75, 3.05) is 12.0 Å². The van der Waals surface area contributed by atoms with Crippen LogP contribution in [0.2, 0.25) is 0 Å². The van der Waals surface area contributed by atoms with Crippen molar-refractivity contribution in [3.05, 3.63) is 59.7 Å². The molecule has 1 atom stereocenters. The summed E-state index contributed by atoms with van der Waals surface area (Å²) in [5, 5.41) is 11.3. The molecule has 1 amide bonds. The van der Waals surface area contributed by atoms with Gasteiger partial charge in [-0.25, -0.2) is 4.98 Å². The van der Waals surface area contributed by atoms with Gasteiger partial charge in [0.05, 0.1) is 7.11 Å². The lowest BCUT2D eigenvalue weighted by Gasteiger charge is -2.19. The molecule has 3 aromatic rings. The fraction of sp³-hybridized carbons (Fsp3) is 0.118. The molecular formula is C17H13N3O3. The highest BCUT2D eigenvalue weighted by Gasteiger charge is 2.37. The number of aliphatic hydroxyl groups excluding tert-OH is 1. The van der Waals surface area contributed by atoms with Crippen LogP contribution in [0.1, 0.15) is 22.1 Å². The monoisotopic (exact) mass is 307 g/mol. The second kappa shape index (κ2) is 5.03. The van der Waals surface area contributed by atoms with Crippen LogP contribution in [-0.4, -0.2) is 28.1 Å². The summed E-state index contributed by atoms with van der Waals surface area (Å²) in [5.74, 6) is 0.522. The van der Waals surface area contributed by atoms with Gasteiger partial charge in [0.15, 0.2) is 11.9 Å². The van der Waals surface area contributed by atoms with Gasteiger partial charge in [0.25, 0.3) is 5.91 Å². The van der Waals surface area contributed by atoms with Gasteiger partial charge in [0.2, 0.25) is 5.88 Å². The Morgan fingerprint density at radius 2 is 1.87 bits per heavy atom. The molecule has 0 spiro atoms. The zero-order chi connectivity index (χ0) is 16.0. The average molecular weight is 307 g/mol. The van der Waals surface area contributed by atoms with E-state index in [1.807, 2.05) is 12.1 Å². The summed E-state index contributed by atoms with van der Waals surface area (Å²) in [6.45, 7) is 0. The first-order chi connectivity index (χ1) is 11.2. The molecule has 0 bridgehead atoms. The second-order valence-corrected chi connectivity index (χ2v) is 5.21. The van der Waals surface area contributed by atoms with Crippen molar-refractivity contribution >= 4 is 22.8 Å². The van der Waals surface area contributed by atoms with Gasteiger partial charge in [0, 0.05) is 22.6 Å². The number of aromatic nitrogens is 2. The normalized spacial score (nSPS) is 16.7. The summed E-state index contributed by atoms with van der Waals surface area (Å²) in [6, 6.07) is 14.1. The summed E-state index contributed by atoms with van der Waals surface area (Å²) >= 11 is 0. The van der Waals surface area contributed by atoms with Crippen LogP contribution in [0.5, 0.6) is 5.88 Å². The first-order valence-corrected chi connectivity index (χ1v) is 7.11. The number of carbonyl (C=O) groups is 1. The average Bonchev–Trinajstić information content (AvgIpc) is 2.85. The highest BCUT2D eigenvalue weighted by atomic mass is 16.5. The van der Waals surface area contributed by atoms with Crippen LogP contribution < -0.4 is 9.64 Å². The molecule has 23 heavy (non-hydrogen) atoms. The highest BCUT2D eigenvalue weighted by Crippen LogP contribution is 2.35. The third kappa shape index (κ3) is 2.03. The number of amides is 1. The number of rotatable bonds is 2. The Bertz CT molecular complexity index is 926. The van der Waals surface area contributed by atoms with Crippen LogP contribution in [-0.2, 0) is 0 Å². The second-order valence-electron chi connectivity index (χ2n) is 5.21. The Hall–Kier alpha value is -2.99. The molecular weight excluding hydrogens is 294 g/mol. The predicted octanol–water partition coefficient (Wildman–Crippen LogP) is 2.29. The summed E-state index contributed by atoms with van der Waals surface area (Å²) in [6.07, 6.45) is -1.05. The van der Waals surface area contributed by atoms with Crippen molar-refractivity contribution in [2.24, 2.45) is 0 Å². The number of carbonyl (C=O) groups excluding carboxylic acids is 1. The van der Waals surface area contributed by atoms with E-state index in [0.717, 1.165) is 5.39 Å². The van der Waals surface area contributed by atoms with E-state index in [9.17, 15) is 9.90 Å². The summed E-state index contributed by atoms with van der Waals surface area (Å²) < 4.78 is 5.10. The minimum absolute atomic E-state index is 0.275. The summed E-state index contributed by atoms with van der Waals surface area (Å²) in [5.41, 5.74) is 1.52. The number of hydrogen-bond donors (Lipinski definition) is 1. The van der Waals surface area contributed by atoms with E-state index in [4.69, 9.17) is 4.74 Å². The standard InChI is InChI=1S/C17H13N3O3/c1-23-14-9-7-10-6-8-13(18-15(10)19-14)20-16(21)11-4-2-3-5-12(11)17(20)22/h2-9,16,21H,1H3.